The van der Waals surface area contributed by atoms with Gasteiger partial charge >= 0.3 is 0 Å². The molecular weight excluding hydrogens is 276 g/mol. The third kappa shape index (κ3) is 3.28. The predicted octanol–water partition coefficient (Wildman–Crippen LogP) is 3.16. The van der Waals surface area contributed by atoms with Gasteiger partial charge in [-0.15, -0.1) is 0 Å². The molecule has 1 amide bonds. The van der Waals surface area contributed by atoms with Gasteiger partial charge in [-0.25, -0.2) is 0 Å². The highest BCUT2D eigenvalue weighted by molar-refractivity contribution is 6.06. The number of carbonyl (C=O) groups excluding carboxylic acids is 1. The summed E-state index contributed by atoms with van der Waals surface area (Å²) in [5, 5.41) is 3.42. The molecule has 3 rings (SSSR count). The van der Waals surface area contributed by atoms with Crippen LogP contribution >= 0.6 is 0 Å². The third-order valence-corrected chi connectivity index (χ3v) is 3.86. The molecule has 1 aliphatic rings. The monoisotopic (exact) mass is 296 g/mol. The second-order valence-corrected chi connectivity index (χ2v) is 5.49. The number of nitrogens with one attached hydrogen (secondary N) is 1. The van der Waals surface area contributed by atoms with Gasteiger partial charge in [-0.3, -0.25) is 4.79 Å². The van der Waals surface area contributed by atoms with E-state index < -0.39 is 0 Å². The third-order valence-electron chi connectivity index (χ3n) is 3.86. The predicted molar refractivity (Wildman–Crippen MR) is 88.5 cm³/mol. The molecule has 1 heterocycles. The van der Waals surface area contributed by atoms with Gasteiger partial charge in [0.25, 0.3) is 5.91 Å². The van der Waals surface area contributed by atoms with Crippen LogP contribution < -0.4 is 10.2 Å². The second-order valence-electron chi connectivity index (χ2n) is 5.49. The van der Waals surface area contributed by atoms with Crippen molar-refractivity contribution < 1.29 is 9.53 Å². The van der Waals surface area contributed by atoms with Crippen molar-refractivity contribution in [3.05, 3.63) is 60.2 Å². The van der Waals surface area contributed by atoms with Gasteiger partial charge in [-0.05, 0) is 36.8 Å². The molecule has 0 spiro atoms. The Bertz CT molecular complexity index is 637. The highest BCUT2D eigenvalue weighted by Crippen LogP contribution is 2.19. The summed E-state index contributed by atoms with van der Waals surface area (Å²) in [5.41, 5.74) is 2.52. The van der Waals surface area contributed by atoms with Crippen LogP contribution in [0.4, 0.5) is 11.4 Å². The zero-order chi connectivity index (χ0) is 15.4. The summed E-state index contributed by atoms with van der Waals surface area (Å²) >= 11 is 0. The van der Waals surface area contributed by atoms with Gasteiger partial charge in [0, 0.05) is 30.6 Å². The maximum atomic E-state index is 12.6. The average molecular weight is 296 g/mol. The van der Waals surface area contributed by atoms with Crippen LogP contribution in [0, 0.1) is 0 Å². The van der Waals surface area contributed by atoms with Crippen molar-refractivity contribution in [2.24, 2.45) is 0 Å². The smallest absolute Gasteiger partial charge is 0.258 e. The molecule has 1 atom stereocenters. The molecule has 0 aliphatic carbocycles. The SMILES string of the molecule is CN(C(=O)c1cccc(NC2CCOC2)c1)c1ccccc1. The van der Waals surface area contributed by atoms with Gasteiger partial charge in [0.05, 0.1) is 12.6 Å². The minimum absolute atomic E-state index is 0.0162. The molecule has 0 saturated carbocycles. The highest BCUT2D eigenvalue weighted by Gasteiger charge is 2.17. The lowest BCUT2D eigenvalue weighted by Gasteiger charge is -2.18. The summed E-state index contributed by atoms with van der Waals surface area (Å²) in [6, 6.07) is 17.6. The number of benzene rings is 2. The van der Waals surface area contributed by atoms with Crippen LogP contribution in [0.25, 0.3) is 0 Å². The zero-order valence-electron chi connectivity index (χ0n) is 12.7. The van der Waals surface area contributed by atoms with Gasteiger partial charge in [0.1, 0.15) is 0 Å². The Morgan fingerprint density at radius 3 is 2.73 bits per heavy atom. The van der Waals surface area contributed by atoms with E-state index in [4.69, 9.17) is 4.74 Å². The fourth-order valence-corrected chi connectivity index (χ4v) is 2.59. The van der Waals surface area contributed by atoms with Gasteiger partial charge in [0.15, 0.2) is 0 Å². The molecular formula is C18H20N2O2. The molecule has 2 aromatic carbocycles. The number of ether oxygens (including phenoxy) is 1. The van der Waals surface area contributed by atoms with E-state index in [2.05, 4.69) is 5.32 Å². The van der Waals surface area contributed by atoms with Gasteiger partial charge in [0.2, 0.25) is 0 Å². The van der Waals surface area contributed by atoms with Crippen molar-refractivity contribution in [2.45, 2.75) is 12.5 Å². The molecule has 22 heavy (non-hydrogen) atoms. The standard InChI is InChI=1S/C18H20N2O2/c1-20(17-8-3-2-4-9-17)18(21)14-6-5-7-15(12-14)19-16-10-11-22-13-16/h2-9,12,16,19H,10-11,13H2,1H3. The van der Waals surface area contributed by atoms with Crippen LogP contribution in [-0.4, -0.2) is 32.2 Å². The van der Waals surface area contributed by atoms with Gasteiger partial charge in [-0.2, -0.15) is 0 Å². The fourth-order valence-electron chi connectivity index (χ4n) is 2.59. The van der Waals surface area contributed by atoms with Crippen LogP contribution in [0.3, 0.4) is 0 Å². The highest BCUT2D eigenvalue weighted by atomic mass is 16.5. The average Bonchev–Trinajstić information content (AvgIpc) is 3.07. The van der Waals surface area contributed by atoms with E-state index in [1.165, 1.54) is 0 Å². The number of para-hydroxylation sites is 1. The fraction of sp³-hybridized carbons (Fsp3) is 0.278. The van der Waals surface area contributed by atoms with Crippen molar-refractivity contribution in [3.8, 4) is 0 Å². The van der Waals surface area contributed by atoms with Crippen molar-refractivity contribution in [1.29, 1.82) is 0 Å². The van der Waals surface area contributed by atoms with E-state index in [9.17, 15) is 4.79 Å². The normalized spacial score (nSPS) is 17.2. The zero-order valence-corrected chi connectivity index (χ0v) is 12.7. The van der Waals surface area contributed by atoms with Crippen LogP contribution in [0.15, 0.2) is 54.6 Å². The number of nitrogens with zero attached hydrogens (tertiary/aromatic N) is 1. The molecule has 1 N–H and O–H groups in total. The van der Waals surface area contributed by atoms with E-state index in [1.807, 2.05) is 54.6 Å². The molecule has 0 radical (unpaired) electrons. The topological polar surface area (TPSA) is 41.6 Å². The number of amides is 1. The van der Waals surface area contributed by atoms with Crippen LogP contribution in [0.5, 0.6) is 0 Å². The van der Waals surface area contributed by atoms with Crippen molar-refractivity contribution >= 4 is 17.3 Å². The van der Waals surface area contributed by atoms with Crippen molar-refractivity contribution in [1.82, 2.24) is 0 Å². The molecule has 2 aromatic rings. The van der Waals surface area contributed by atoms with Gasteiger partial charge in [-0.1, -0.05) is 24.3 Å². The lowest BCUT2D eigenvalue weighted by atomic mass is 10.1. The molecule has 0 aromatic heterocycles. The first-order chi connectivity index (χ1) is 10.7. The Morgan fingerprint density at radius 2 is 2.00 bits per heavy atom. The van der Waals surface area contributed by atoms with E-state index in [0.717, 1.165) is 31.0 Å². The Morgan fingerprint density at radius 1 is 1.18 bits per heavy atom. The van der Waals surface area contributed by atoms with Crippen molar-refractivity contribution in [3.63, 3.8) is 0 Å². The first-order valence-corrected chi connectivity index (χ1v) is 7.51. The van der Waals surface area contributed by atoms with Gasteiger partial charge < -0.3 is 15.0 Å². The Hall–Kier alpha value is -2.33. The number of anilines is 2. The molecule has 1 unspecified atom stereocenters. The lowest BCUT2D eigenvalue weighted by molar-refractivity contribution is 0.0993. The molecule has 4 heteroatoms. The molecule has 0 bridgehead atoms. The van der Waals surface area contributed by atoms with E-state index in [1.54, 1.807) is 11.9 Å². The summed E-state index contributed by atoms with van der Waals surface area (Å²) < 4.78 is 5.37. The Balaban J connectivity index is 1.74. The van der Waals surface area contributed by atoms with Crippen LogP contribution in [-0.2, 0) is 4.74 Å². The van der Waals surface area contributed by atoms with E-state index >= 15 is 0 Å². The molecule has 114 valence electrons. The second kappa shape index (κ2) is 6.62. The first kappa shape index (κ1) is 14.6. The summed E-state index contributed by atoms with van der Waals surface area (Å²) in [7, 11) is 1.79. The summed E-state index contributed by atoms with van der Waals surface area (Å²) in [6.07, 6.45) is 1.00. The van der Waals surface area contributed by atoms with Crippen LogP contribution in [0.1, 0.15) is 16.8 Å². The van der Waals surface area contributed by atoms with Crippen molar-refractivity contribution in [2.75, 3.05) is 30.5 Å². The molecule has 4 nitrogen and oxygen atoms in total. The number of hydrogen-bond acceptors (Lipinski definition) is 3. The first-order valence-electron chi connectivity index (χ1n) is 7.51. The summed E-state index contributed by atoms with van der Waals surface area (Å²) in [5.74, 6) is -0.0162. The quantitative estimate of drug-likeness (QED) is 0.942. The molecule has 1 saturated heterocycles. The summed E-state index contributed by atoms with van der Waals surface area (Å²) in [4.78, 5) is 14.3. The van der Waals surface area contributed by atoms with E-state index in [0.29, 0.717) is 11.6 Å². The minimum Gasteiger partial charge on any atom is -0.380 e. The summed E-state index contributed by atoms with van der Waals surface area (Å²) in [6.45, 7) is 1.52. The van der Waals surface area contributed by atoms with E-state index in [-0.39, 0.29) is 5.91 Å². The molecule has 1 fully saturated rings. The minimum atomic E-state index is -0.0162. The lowest BCUT2D eigenvalue weighted by Crippen LogP contribution is -2.26. The molecule has 1 aliphatic heterocycles. The number of hydrogen-bond donors (Lipinski definition) is 1. The maximum absolute atomic E-state index is 12.6. The Labute approximate surface area is 130 Å². The largest absolute Gasteiger partial charge is 0.380 e. The maximum Gasteiger partial charge on any atom is 0.258 e. The number of carbonyl (C=O) groups is 1. The number of rotatable bonds is 4. The van der Waals surface area contributed by atoms with Crippen LogP contribution in [0.2, 0.25) is 0 Å². The Kier molecular flexibility index (Phi) is 4.39.